The van der Waals surface area contributed by atoms with Crippen molar-refractivity contribution in [3.05, 3.63) is 24.0 Å². The summed E-state index contributed by atoms with van der Waals surface area (Å²) in [7, 11) is 1.64. The van der Waals surface area contributed by atoms with E-state index in [9.17, 15) is 9.59 Å². The fourth-order valence-electron chi connectivity index (χ4n) is 2.39. The van der Waals surface area contributed by atoms with E-state index in [-0.39, 0.29) is 12.0 Å². The Balaban J connectivity index is 1.85. The second-order valence-electron chi connectivity index (χ2n) is 5.33. The summed E-state index contributed by atoms with van der Waals surface area (Å²) in [6.45, 7) is 5.32. The van der Waals surface area contributed by atoms with Crippen molar-refractivity contribution in [1.29, 1.82) is 0 Å². The SMILES string of the molecule is CCOC(=O)N1CCN(C(=O)c2ccc(NCCOC)cn2)CC1. The fourth-order valence-corrected chi connectivity index (χ4v) is 2.39. The third kappa shape index (κ3) is 4.82. The average Bonchev–Trinajstić information content (AvgIpc) is 2.62. The highest BCUT2D eigenvalue weighted by molar-refractivity contribution is 5.92. The van der Waals surface area contributed by atoms with Crippen LogP contribution in [0, 0.1) is 0 Å². The lowest BCUT2D eigenvalue weighted by Gasteiger charge is -2.33. The Morgan fingerprint density at radius 2 is 1.92 bits per heavy atom. The number of carbonyl (C=O) groups is 2. The van der Waals surface area contributed by atoms with Gasteiger partial charge >= 0.3 is 6.09 Å². The molecule has 1 saturated heterocycles. The smallest absolute Gasteiger partial charge is 0.409 e. The van der Waals surface area contributed by atoms with Crippen molar-refractivity contribution in [3.8, 4) is 0 Å². The van der Waals surface area contributed by atoms with Crippen LogP contribution in [0.25, 0.3) is 0 Å². The Morgan fingerprint density at radius 1 is 1.21 bits per heavy atom. The maximum absolute atomic E-state index is 12.5. The monoisotopic (exact) mass is 336 g/mol. The Labute approximate surface area is 141 Å². The molecule has 2 rings (SSSR count). The standard InChI is InChI=1S/C16H24N4O4/c1-3-24-16(22)20-9-7-19(8-10-20)15(21)14-5-4-13(12-18-14)17-6-11-23-2/h4-5,12,17H,3,6-11H2,1-2H3. The number of nitrogens with zero attached hydrogens (tertiary/aromatic N) is 3. The van der Waals surface area contributed by atoms with E-state index in [2.05, 4.69) is 10.3 Å². The first-order valence-electron chi connectivity index (χ1n) is 8.05. The highest BCUT2D eigenvalue weighted by Gasteiger charge is 2.25. The molecule has 0 radical (unpaired) electrons. The molecule has 2 amide bonds. The molecule has 0 unspecified atom stereocenters. The van der Waals surface area contributed by atoms with E-state index in [1.807, 2.05) is 6.07 Å². The van der Waals surface area contributed by atoms with E-state index in [1.54, 1.807) is 36.1 Å². The van der Waals surface area contributed by atoms with E-state index >= 15 is 0 Å². The molecule has 2 heterocycles. The van der Waals surface area contributed by atoms with Gasteiger partial charge in [0.05, 0.1) is 25.1 Å². The number of ether oxygens (including phenoxy) is 2. The number of pyridine rings is 1. The first kappa shape index (κ1) is 18.0. The van der Waals surface area contributed by atoms with Crippen molar-refractivity contribution >= 4 is 17.7 Å². The lowest BCUT2D eigenvalue weighted by atomic mass is 10.2. The molecule has 1 aromatic rings. The Hall–Kier alpha value is -2.35. The van der Waals surface area contributed by atoms with Gasteiger partial charge in [-0.25, -0.2) is 9.78 Å². The molecule has 8 heteroatoms. The highest BCUT2D eigenvalue weighted by Crippen LogP contribution is 2.11. The zero-order chi connectivity index (χ0) is 17.4. The Kier molecular flexibility index (Phi) is 6.80. The van der Waals surface area contributed by atoms with Crippen molar-refractivity contribution < 1.29 is 19.1 Å². The molecule has 8 nitrogen and oxygen atoms in total. The molecule has 1 N–H and O–H groups in total. The topological polar surface area (TPSA) is 84.0 Å². The maximum Gasteiger partial charge on any atom is 0.409 e. The number of anilines is 1. The van der Waals surface area contributed by atoms with Crippen LogP contribution in [0.1, 0.15) is 17.4 Å². The van der Waals surface area contributed by atoms with Crippen molar-refractivity contribution in [2.45, 2.75) is 6.92 Å². The molecule has 1 aliphatic rings. The van der Waals surface area contributed by atoms with E-state index in [4.69, 9.17) is 9.47 Å². The largest absolute Gasteiger partial charge is 0.450 e. The predicted molar refractivity (Wildman–Crippen MR) is 89.1 cm³/mol. The van der Waals surface area contributed by atoms with Crippen molar-refractivity contribution in [2.75, 3.05) is 58.4 Å². The predicted octanol–water partition coefficient (Wildman–Crippen LogP) is 1.05. The maximum atomic E-state index is 12.5. The highest BCUT2D eigenvalue weighted by atomic mass is 16.6. The van der Waals surface area contributed by atoms with Gasteiger partial charge in [0.2, 0.25) is 0 Å². The molecule has 1 fully saturated rings. The summed E-state index contributed by atoms with van der Waals surface area (Å²) in [6.07, 6.45) is 1.31. The minimum Gasteiger partial charge on any atom is -0.450 e. The van der Waals surface area contributed by atoms with E-state index in [0.29, 0.717) is 51.6 Å². The molecule has 0 saturated carbocycles. The second-order valence-corrected chi connectivity index (χ2v) is 5.33. The number of hydrogen-bond donors (Lipinski definition) is 1. The lowest BCUT2D eigenvalue weighted by Crippen LogP contribution is -2.50. The summed E-state index contributed by atoms with van der Waals surface area (Å²) in [5.74, 6) is -0.123. The van der Waals surface area contributed by atoms with Crippen molar-refractivity contribution in [1.82, 2.24) is 14.8 Å². The Morgan fingerprint density at radius 3 is 2.50 bits per heavy atom. The molecule has 0 aromatic carbocycles. The van der Waals surface area contributed by atoms with Crippen LogP contribution in [-0.2, 0) is 9.47 Å². The molecule has 1 aliphatic heterocycles. The summed E-state index contributed by atoms with van der Waals surface area (Å²) < 4.78 is 9.94. The number of aromatic nitrogens is 1. The van der Waals surface area contributed by atoms with Gasteiger partial charge in [0.15, 0.2) is 0 Å². The number of methoxy groups -OCH3 is 1. The second kappa shape index (κ2) is 9.07. The molecular weight excluding hydrogens is 312 g/mol. The number of nitrogens with one attached hydrogen (secondary N) is 1. The van der Waals surface area contributed by atoms with Gasteiger partial charge in [-0.05, 0) is 19.1 Å². The first-order valence-corrected chi connectivity index (χ1v) is 8.05. The fraction of sp³-hybridized carbons (Fsp3) is 0.562. The van der Waals surface area contributed by atoms with Crippen LogP contribution >= 0.6 is 0 Å². The summed E-state index contributed by atoms with van der Waals surface area (Å²) in [4.78, 5) is 31.7. The minimum absolute atomic E-state index is 0.123. The van der Waals surface area contributed by atoms with E-state index < -0.39 is 0 Å². The number of hydrogen-bond acceptors (Lipinski definition) is 6. The van der Waals surface area contributed by atoms with Crippen LogP contribution < -0.4 is 5.32 Å². The molecule has 0 spiro atoms. The third-order valence-corrected chi connectivity index (χ3v) is 3.71. The van der Waals surface area contributed by atoms with Gasteiger partial charge in [0, 0.05) is 39.8 Å². The van der Waals surface area contributed by atoms with Crippen LogP contribution in [0.3, 0.4) is 0 Å². The van der Waals surface area contributed by atoms with Gasteiger partial charge in [-0.3, -0.25) is 4.79 Å². The first-order chi connectivity index (χ1) is 11.7. The molecule has 0 aliphatic carbocycles. The van der Waals surface area contributed by atoms with Crippen LogP contribution in [0.15, 0.2) is 18.3 Å². The van der Waals surface area contributed by atoms with Gasteiger partial charge in [-0.15, -0.1) is 0 Å². The number of carbonyl (C=O) groups excluding carboxylic acids is 2. The van der Waals surface area contributed by atoms with Gasteiger partial charge in [0.25, 0.3) is 5.91 Å². The summed E-state index contributed by atoms with van der Waals surface area (Å²) in [5.41, 5.74) is 1.24. The molecular formula is C16H24N4O4. The van der Waals surface area contributed by atoms with Crippen LogP contribution in [-0.4, -0.2) is 79.8 Å². The Bertz CT molecular complexity index is 542. The zero-order valence-corrected chi connectivity index (χ0v) is 14.2. The summed E-state index contributed by atoms with van der Waals surface area (Å²) in [6, 6.07) is 3.53. The van der Waals surface area contributed by atoms with E-state index in [0.717, 1.165) is 5.69 Å². The van der Waals surface area contributed by atoms with Crippen LogP contribution in [0.4, 0.5) is 10.5 Å². The van der Waals surface area contributed by atoms with Crippen LogP contribution in [0.5, 0.6) is 0 Å². The molecule has 0 atom stereocenters. The number of piperazine rings is 1. The van der Waals surface area contributed by atoms with Crippen LogP contribution in [0.2, 0.25) is 0 Å². The normalized spacial score (nSPS) is 14.4. The van der Waals surface area contributed by atoms with Gasteiger partial charge < -0.3 is 24.6 Å². The van der Waals surface area contributed by atoms with E-state index in [1.165, 1.54) is 0 Å². The molecule has 1 aromatic heterocycles. The quantitative estimate of drug-likeness (QED) is 0.782. The van der Waals surface area contributed by atoms with Gasteiger partial charge in [-0.2, -0.15) is 0 Å². The molecule has 0 bridgehead atoms. The zero-order valence-electron chi connectivity index (χ0n) is 14.2. The summed E-state index contributed by atoms with van der Waals surface area (Å²) in [5, 5.41) is 3.15. The van der Waals surface area contributed by atoms with Gasteiger partial charge in [-0.1, -0.05) is 0 Å². The average molecular weight is 336 g/mol. The van der Waals surface area contributed by atoms with Gasteiger partial charge in [0.1, 0.15) is 5.69 Å². The van der Waals surface area contributed by atoms with Crippen molar-refractivity contribution in [3.63, 3.8) is 0 Å². The van der Waals surface area contributed by atoms with Crippen molar-refractivity contribution in [2.24, 2.45) is 0 Å². The molecule has 24 heavy (non-hydrogen) atoms. The third-order valence-electron chi connectivity index (χ3n) is 3.71. The number of rotatable bonds is 6. The minimum atomic E-state index is -0.325. The lowest BCUT2D eigenvalue weighted by molar-refractivity contribution is 0.0566. The summed E-state index contributed by atoms with van der Waals surface area (Å²) >= 11 is 0. The number of amides is 2. The molecule has 132 valence electrons.